The van der Waals surface area contributed by atoms with Crippen LogP contribution in [0.15, 0.2) is 42.5 Å². The summed E-state index contributed by atoms with van der Waals surface area (Å²) < 4.78 is 17.6. The molecular formula is C29H38N4O5. The molecule has 0 saturated carbocycles. The first-order chi connectivity index (χ1) is 18.0. The van der Waals surface area contributed by atoms with Crippen molar-refractivity contribution in [3.8, 4) is 17.2 Å². The largest absolute Gasteiger partial charge is 0.497 e. The zero-order valence-electron chi connectivity index (χ0n) is 23.5. The third-order valence-electron chi connectivity index (χ3n) is 6.15. The monoisotopic (exact) mass is 522 g/mol. The number of aryl methyl sites for hydroxylation is 2. The van der Waals surface area contributed by atoms with E-state index in [1.807, 2.05) is 32.0 Å². The molecule has 1 aromatic heterocycles. The molecule has 0 bridgehead atoms. The fourth-order valence-corrected chi connectivity index (χ4v) is 4.02. The second kappa shape index (κ2) is 12.1. The van der Waals surface area contributed by atoms with Crippen molar-refractivity contribution >= 4 is 17.6 Å². The molecule has 3 aromatic rings. The maximum Gasteiger partial charge on any atom is 0.258 e. The van der Waals surface area contributed by atoms with Crippen molar-refractivity contribution < 1.29 is 23.8 Å². The minimum absolute atomic E-state index is 0.180. The maximum absolute atomic E-state index is 13.5. The zero-order chi connectivity index (χ0) is 28.0. The van der Waals surface area contributed by atoms with Gasteiger partial charge in [-0.15, -0.1) is 0 Å². The van der Waals surface area contributed by atoms with Crippen LogP contribution in [-0.2, 0) is 14.9 Å². The molecule has 1 N–H and O–H groups in total. The Bertz CT molecular complexity index is 1290. The highest BCUT2D eigenvalue weighted by molar-refractivity contribution is 6.01. The molecule has 9 nitrogen and oxygen atoms in total. The van der Waals surface area contributed by atoms with E-state index in [9.17, 15) is 9.59 Å². The topological polar surface area (TPSA) is 94.9 Å². The smallest absolute Gasteiger partial charge is 0.258 e. The Morgan fingerprint density at radius 1 is 1.00 bits per heavy atom. The van der Waals surface area contributed by atoms with Gasteiger partial charge in [-0.1, -0.05) is 38.5 Å². The molecule has 204 valence electrons. The van der Waals surface area contributed by atoms with Crippen LogP contribution in [0.3, 0.4) is 0 Å². The summed E-state index contributed by atoms with van der Waals surface area (Å²) >= 11 is 0. The van der Waals surface area contributed by atoms with Crippen molar-refractivity contribution in [3.63, 3.8) is 0 Å². The molecule has 0 unspecified atom stereocenters. The van der Waals surface area contributed by atoms with E-state index in [2.05, 4.69) is 32.2 Å². The summed E-state index contributed by atoms with van der Waals surface area (Å²) in [5.41, 5.74) is 3.98. The number of methoxy groups -OCH3 is 3. The highest BCUT2D eigenvalue weighted by Gasteiger charge is 2.25. The Hall–Kier alpha value is -3.85. The lowest BCUT2D eigenvalue weighted by Gasteiger charge is -2.23. The van der Waals surface area contributed by atoms with Gasteiger partial charge < -0.3 is 24.4 Å². The number of nitrogens with one attached hydrogen (secondary N) is 1. The molecule has 0 atom stereocenters. The standard InChI is InChI=1S/C29H38N4O5/c1-19-9-12-23(20(2)15-19)33-26(17-25(31-33)29(3,4)5)30-27(34)18-32(13-14-36-6)28(35)22-11-10-21(37-7)16-24(22)38-8/h9-12,15-17H,13-14,18H2,1-8H3,(H,30,34). The molecule has 9 heteroatoms. The van der Waals surface area contributed by atoms with Crippen molar-refractivity contribution in [3.05, 3.63) is 64.8 Å². The lowest BCUT2D eigenvalue weighted by molar-refractivity contribution is -0.117. The number of ether oxygens (including phenoxy) is 3. The predicted molar refractivity (Wildman–Crippen MR) is 148 cm³/mol. The normalized spacial score (nSPS) is 11.3. The first-order valence-corrected chi connectivity index (χ1v) is 12.5. The van der Waals surface area contributed by atoms with Gasteiger partial charge in [0.25, 0.3) is 5.91 Å². The van der Waals surface area contributed by atoms with Crippen molar-refractivity contribution in [1.82, 2.24) is 14.7 Å². The molecule has 2 amide bonds. The fourth-order valence-electron chi connectivity index (χ4n) is 4.02. The first kappa shape index (κ1) is 28.7. The van der Waals surface area contributed by atoms with E-state index in [0.29, 0.717) is 22.9 Å². The van der Waals surface area contributed by atoms with E-state index in [4.69, 9.17) is 19.3 Å². The molecule has 0 aliphatic carbocycles. The SMILES string of the molecule is COCCN(CC(=O)Nc1cc(C(C)(C)C)nn1-c1ccc(C)cc1C)C(=O)c1ccc(OC)cc1OC. The minimum atomic E-state index is -0.353. The summed E-state index contributed by atoms with van der Waals surface area (Å²) in [5.74, 6) is 0.755. The van der Waals surface area contributed by atoms with Crippen LogP contribution in [0.25, 0.3) is 5.69 Å². The van der Waals surface area contributed by atoms with Gasteiger partial charge in [0.1, 0.15) is 23.9 Å². The summed E-state index contributed by atoms with van der Waals surface area (Å²) in [6.07, 6.45) is 0. The zero-order valence-corrected chi connectivity index (χ0v) is 23.5. The van der Waals surface area contributed by atoms with Gasteiger partial charge in [0.2, 0.25) is 5.91 Å². The van der Waals surface area contributed by atoms with Gasteiger partial charge in [0, 0.05) is 31.2 Å². The van der Waals surface area contributed by atoms with Crippen LogP contribution < -0.4 is 14.8 Å². The predicted octanol–water partition coefficient (Wildman–Crippen LogP) is 4.53. The Labute approximate surface area is 224 Å². The maximum atomic E-state index is 13.5. The third kappa shape index (κ3) is 6.72. The number of hydrogen-bond acceptors (Lipinski definition) is 6. The van der Waals surface area contributed by atoms with Gasteiger partial charge >= 0.3 is 0 Å². The first-order valence-electron chi connectivity index (χ1n) is 12.5. The Morgan fingerprint density at radius 3 is 2.34 bits per heavy atom. The molecule has 38 heavy (non-hydrogen) atoms. The molecular weight excluding hydrogens is 484 g/mol. The van der Waals surface area contributed by atoms with Crippen molar-refractivity contribution in [2.24, 2.45) is 0 Å². The van der Waals surface area contributed by atoms with Crippen molar-refractivity contribution in [2.75, 3.05) is 46.3 Å². The average molecular weight is 523 g/mol. The highest BCUT2D eigenvalue weighted by atomic mass is 16.5. The summed E-state index contributed by atoms with van der Waals surface area (Å²) in [5, 5.41) is 7.80. The molecule has 3 rings (SSSR count). The summed E-state index contributed by atoms with van der Waals surface area (Å²) in [4.78, 5) is 28.2. The van der Waals surface area contributed by atoms with E-state index in [-0.39, 0.29) is 36.9 Å². The molecule has 0 aliphatic heterocycles. The van der Waals surface area contributed by atoms with Crippen LogP contribution in [0.2, 0.25) is 0 Å². The van der Waals surface area contributed by atoms with Crippen LogP contribution in [0, 0.1) is 13.8 Å². The van der Waals surface area contributed by atoms with Crippen LogP contribution in [-0.4, -0.2) is 67.5 Å². The summed E-state index contributed by atoms with van der Waals surface area (Å²) in [6.45, 7) is 10.6. The fraction of sp³-hybridized carbons (Fsp3) is 0.414. The van der Waals surface area contributed by atoms with Gasteiger partial charge in [-0.25, -0.2) is 4.68 Å². The van der Waals surface area contributed by atoms with Gasteiger partial charge in [-0.2, -0.15) is 5.10 Å². The number of anilines is 1. The number of hydrogen-bond donors (Lipinski definition) is 1. The minimum Gasteiger partial charge on any atom is -0.497 e. The molecule has 0 saturated heterocycles. The third-order valence-corrected chi connectivity index (χ3v) is 6.15. The van der Waals surface area contributed by atoms with Crippen molar-refractivity contribution in [1.29, 1.82) is 0 Å². The number of carbonyl (C=O) groups is 2. The summed E-state index contributed by atoms with van der Waals surface area (Å²) in [7, 11) is 4.57. The van der Waals surface area contributed by atoms with Crippen LogP contribution in [0.1, 0.15) is 48.0 Å². The van der Waals surface area contributed by atoms with E-state index in [1.165, 1.54) is 12.0 Å². The number of nitrogens with zero attached hydrogens (tertiary/aromatic N) is 3. The second-order valence-corrected chi connectivity index (χ2v) is 10.2. The Morgan fingerprint density at radius 2 is 1.74 bits per heavy atom. The number of rotatable bonds is 10. The molecule has 0 radical (unpaired) electrons. The van der Waals surface area contributed by atoms with Gasteiger partial charge in [0.15, 0.2) is 0 Å². The Balaban J connectivity index is 1.91. The number of carbonyl (C=O) groups excluding carboxylic acids is 2. The van der Waals surface area contributed by atoms with E-state index >= 15 is 0 Å². The lowest BCUT2D eigenvalue weighted by Crippen LogP contribution is -2.40. The molecule has 1 heterocycles. The number of aromatic nitrogens is 2. The number of benzene rings is 2. The van der Waals surface area contributed by atoms with Gasteiger partial charge in [0.05, 0.1) is 37.8 Å². The molecule has 0 fully saturated rings. The van der Waals surface area contributed by atoms with E-state index < -0.39 is 0 Å². The number of amides is 2. The van der Waals surface area contributed by atoms with Crippen LogP contribution in [0.5, 0.6) is 11.5 Å². The second-order valence-electron chi connectivity index (χ2n) is 10.2. The quantitative estimate of drug-likeness (QED) is 0.420. The van der Waals surface area contributed by atoms with Crippen molar-refractivity contribution in [2.45, 2.75) is 40.0 Å². The highest BCUT2D eigenvalue weighted by Crippen LogP contribution is 2.28. The van der Waals surface area contributed by atoms with E-state index in [1.54, 1.807) is 37.1 Å². The van der Waals surface area contributed by atoms with Gasteiger partial charge in [-0.05, 0) is 37.6 Å². The Kier molecular flexibility index (Phi) is 9.17. The van der Waals surface area contributed by atoms with Crippen LogP contribution in [0.4, 0.5) is 5.82 Å². The molecule has 2 aromatic carbocycles. The summed E-state index contributed by atoms with van der Waals surface area (Å²) in [6, 6.07) is 12.9. The van der Waals surface area contributed by atoms with E-state index in [0.717, 1.165) is 22.5 Å². The molecule has 0 spiro atoms. The molecule has 0 aliphatic rings. The lowest BCUT2D eigenvalue weighted by atomic mass is 9.92. The van der Waals surface area contributed by atoms with Crippen LogP contribution >= 0.6 is 0 Å². The van der Waals surface area contributed by atoms with Gasteiger partial charge in [-0.3, -0.25) is 9.59 Å². The average Bonchev–Trinajstić information content (AvgIpc) is 3.29.